The third-order valence-electron chi connectivity index (χ3n) is 11.3. The van der Waals surface area contributed by atoms with Gasteiger partial charge in [-0.1, -0.05) is 236 Å². The molecule has 0 bridgehead atoms. The van der Waals surface area contributed by atoms with Gasteiger partial charge in [0.2, 0.25) is 0 Å². The molecule has 0 heterocycles. The van der Waals surface area contributed by atoms with Gasteiger partial charge in [-0.25, -0.2) is 0 Å². The van der Waals surface area contributed by atoms with E-state index in [1.54, 1.807) is 0 Å². The Morgan fingerprint density at radius 3 is 1.00 bits per heavy atom. The lowest BCUT2D eigenvalue weighted by Crippen LogP contribution is -2.30. The topological polar surface area (TPSA) is 78.9 Å². The second kappa shape index (κ2) is 50.0. The summed E-state index contributed by atoms with van der Waals surface area (Å²) < 4.78 is 16.8. The van der Waals surface area contributed by atoms with E-state index in [-0.39, 0.29) is 31.1 Å². The van der Waals surface area contributed by atoms with Gasteiger partial charge in [-0.2, -0.15) is 0 Å². The van der Waals surface area contributed by atoms with Crippen LogP contribution in [0.15, 0.2) is 48.6 Å². The van der Waals surface area contributed by atoms with E-state index in [0.29, 0.717) is 19.3 Å². The second-order valence-electron chi connectivity index (χ2n) is 17.4. The molecule has 1 atom stereocenters. The van der Waals surface area contributed by atoms with Crippen molar-refractivity contribution < 1.29 is 28.6 Å². The zero-order valence-electron chi connectivity index (χ0n) is 40.4. The number of esters is 3. The van der Waals surface area contributed by atoms with E-state index in [2.05, 4.69) is 69.4 Å². The van der Waals surface area contributed by atoms with Crippen LogP contribution in [0.25, 0.3) is 0 Å². The predicted octanol–water partition coefficient (Wildman–Crippen LogP) is 17.1. The molecule has 0 aromatic heterocycles. The molecule has 61 heavy (non-hydrogen) atoms. The van der Waals surface area contributed by atoms with E-state index >= 15 is 0 Å². The molecule has 0 amide bonds. The zero-order valence-corrected chi connectivity index (χ0v) is 40.4. The van der Waals surface area contributed by atoms with Gasteiger partial charge in [-0.05, 0) is 57.8 Å². The third-order valence-corrected chi connectivity index (χ3v) is 11.3. The third kappa shape index (κ3) is 48.3. The van der Waals surface area contributed by atoms with Crippen molar-refractivity contribution in [3.05, 3.63) is 48.6 Å². The molecule has 1 unspecified atom stereocenters. The highest BCUT2D eigenvalue weighted by atomic mass is 16.6. The molecule has 0 aliphatic rings. The van der Waals surface area contributed by atoms with E-state index < -0.39 is 6.10 Å². The smallest absolute Gasteiger partial charge is 0.306 e. The minimum Gasteiger partial charge on any atom is -0.462 e. The molecule has 6 heteroatoms. The monoisotopic (exact) mass is 855 g/mol. The number of carbonyl (C=O) groups is 3. The Morgan fingerprint density at radius 2 is 0.639 bits per heavy atom. The maximum Gasteiger partial charge on any atom is 0.306 e. The van der Waals surface area contributed by atoms with Crippen molar-refractivity contribution in [3.63, 3.8) is 0 Å². The van der Waals surface area contributed by atoms with Crippen molar-refractivity contribution in [2.75, 3.05) is 13.2 Å². The number of unbranched alkanes of at least 4 members (excludes halogenated alkanes) is 28. The Morgan fingerprint density at radius 1 is 0.344 bits per heavy atom. The summed E-state index contributed by atoms with van der Waals surface area (Å²) in [6.07, 6.45) is 59.5. The number of ether oxygens (including phenoxy) is 3. The Kier molecular flexibility index (Phi) is 47.9. The van der Waals surface area contributed by atoms with Crippen molar-refractivity contribution in [1.82, 2.24) is 0 Å². The van der Waals surface area contributed by atoms with Crippen LogP contribution in [-0.2, 0) is 28.6 Å². The molecular formula is C55H98O6. The number of hydrogen-bond donors (Lipinski definition) is 0. The van der Waals surface area contributed by atoms with Gasteiger partial charge in [-0.3, -0.25) is 14.4 Å². The molecule has 0 aromatic carbocycles. The summed E-state index contributed by atoms with van der Waals surface area (Å²) in [5.74, 6) is -0.894. The van der Waals surface area contributed by atoms with Crippen LogP contribution in [-0.4, -0.2) is 37.2 Å². The van der Waals surface area contributed by atoms with Gasteiger partial charge in [0.25, 0.3) is 0 Å². The fraction of sp³-hybridized carbons (Fsp3) is 0.800. The average Bonchev–Trinajstić information content (AvgIpc) is 3.26. The highest BCUT2D eigenvalue weighted by Gasteiger charge is 2.19. The van der Waals surface area contributed by atoms with Crippen molar-refractivity contribution in [2.45, 2.75) is 271 Å². The van der Waals surface area contributed by atoms with Crippen LogP contribution in [0.5, 0.6) is 0 Å². The summed E-state index contributed by atoms with van der Waals surface area (Å²) in [4.78, 5) is 37.9. The molecule has 0 radical (unpaired) electrons. The van der Waals surface area contributed by atoms with Gasteiger partial charge < -0.3 is 14.2 Å². The minimum atomic E-state index is -0.778. The van der Waals surface area contributed by atoms with Gasteiger partial charge in [-0.15, -0.1) is 0 Å². The number of carbonyl (C=O) groups excluding carboxylic acids is 3. The van der Waals surface area contributed by atoms with Gasteiger partial charge >= 0.3 is 17.9 Å². The Balaban J connectivity index is 4.36. The highest BCUT2D eigenvalue weighted by molar-refractivity contribution is 5.71. The van der Waals surface area contributed by atoms with Crippen molar-refractivity contribution in [1.29, 1.82) is 0 Å². The van der Waals surface area contributed by atoms with Crippen LogP contribution in [0.2, 0.25) is 0 Å². The zero-order chi connectivity index (χ0) is 44.4. The molecule has 0 saturated carbocycles. The minimum absolute atomic E-state index is 0.0775. The van der Waals surface area contributed by atoms with E-state index in [1.807, 2.05) is 0 Å². The van der Waals surface area contributed by atoms with Crippen molar-refractivity contribution >= 4 is 17.9 Å². The molecular weight excluding hydrogens is 757 g/mol. The van der Waals surface area contributed by atoms with Gasteiger partial charge in [0, 0.05) is 19.3 Å². The highest BCUT2D eigenvalue weighted by Crippen LogP contribution is 2.16. The molecule has 354 valence electrons. The molecule has 0 aliphatic heterocycles. The summed E-state index contributed by atoms with van der Waals surface area (Å²) in [5.41, 5.74) is 0. The molecule has 0 saturated heterocycles. The first-order valence-corrected chi connectivity index (χ1v) is 26.1. The van der Waals surface area contributed by atoms with Crippen LogP contribution in [0.4, 0.5) is 0 Å². The summed E-state index contributed by atoms with van der Waals surface area (Å²) in [6.45, 7) is 6.51. The average molecular weight is 855 g/mol. The second-order valence-corrected chi connectivity index (χ2v) is 17.4. The van der Waals surface area contributed by atoms with Gasteiger partial charge in [0.05, 0.1) is 0 Å². The van der Waals surface area contributed by atoms with E-state index in [4.69, 9.17) is 14.2 Å². The lowest BCUT2D eigenvalue weighted by molar-refractivity contribution is -0.167. The maximum absolute atomic E-state index is 12.8. The lowest BCUT2D eigenvalue weighted by atomic mass is 10.0. The van der Waals surface area contributed by atoms with Gasteiger partial charge in [0.15, 0.2) is 6.10 Å². The first-order valence-electron chi connectivity index (χ1n) is 26.1. The normalized spacial score (nSPS) is 12.4. The van der Waals surface area contributed by atoms with E-state index in [9.17, 15) is 14.4 Å². The first kappa shape index (κ1) is 58.4. The number of hydrogen-bond acceptors (Lipinski definition) is 6. The van der Waals surface area contributed by atoms with Crippen LogP contribution >= 0.6 is 0 Å². The molecule has 0 N–H and O–H groups in total. The predicted molar refractivity (Wildman–Crippen MR) is 261 cm³/mol. The Hall–Kier alpha value is -2.63. The van der Waals surface area contributed by atoms with Crippen LogP contribution in [0, 0.1) is 0 Å². The number of allylic oxidation sites excluding steroid dienone is 8. The summed E-state index contributed by atoms with van der Waals surface area (Å²) in [6, 6.07) is 0. The van der Waals surface area contributed by atoms with Crippen LogP contribution < -0.4 is 0 Å². The van der Waals surface area contributed by atoms with Crippen molar-refractivity contribution in [2.24, 2.45) is 0 Å². The van der Waals surface area contributed by atoms with E-state index in [0.717, 1.165) is 96.3 Å². The maximum atomic E-state index is 12.8. The van der Waals surface area contributed by atoms with E-state index in [1.165, 1.54) is 128 Å². The first-order chi connectivity index (χ1) is 30.0. The largest absolute Gasteiger partial charge is 0.462 e. The Bertz CT molecular complexity index is 1070. The molecule has 0 aliphatic carbocycles. The standard InChI is InChI=1S/C55H98O6/c1-4-7-10-13-16-19-22-24-26-28-30-31-33-36-39-42-45-48-54(57)60-51-52(50-59-53(56)47-44-41-38-35-21-18-15-12-9-6-3)61-55(58)49-46-43-40-37-34-32-29-27-25-23-20-17-14-11-8-5-2/h7,10,16,19,24,26,30-31,52H,4-6,8-9,11-15,17-18,20-23,25,27-29,32-51H2,1-3H3/b10-7-,19-16-,26-24-,31-30-. The van der Waals surface area contributed by atoms with Crippen LogP contribution in [0.1, 0.15) is 265 Å². The van der Waals surface area contributed by atoms with Crippen molar-refractivity contribution in [3.8, 4) is 0 Å². The number of rotatable bonds is 47. The molecule has 0 rings (SSSR count). The summed E-state index contributed by atoms with van der Waals surface area (Å²) in [5, 5.41) is 0. The fourth-order valence-electron chi connectivity index (χ4n) is 7.43. The van der Waals surface area contributed by atoms with Crippen LogP contribution in [0.3, 0.4) is 0 Å². The molecule has 6 nitrogen and oxygen atoms in total. The quantitative estimate of drug-likeness (QED) is 0.0263. The molecule has 0 spiro atoms. The Labute approximate surface area is 378 Å². The summed E-state index contributed by atoms with van der Waals surface area (Å²) >= 11 is 0. The SMILES string of the molecule is CC/C=C\C/C=C\C/C=C\C/C=C\CCCCCCC(=O)OCC(COC(=O)CCCCCCCCCCCC)OC(=O)CCCCCCCCCCCCCCCCCC. The molecule has 0 fully saturated rings. The lowest BCUT2D eigenvalue weighted by Gasteiger charge is -2.18. The molecule has 0 aromatic rings. The summed E-state index contributed by atoms with van der Waals surface area (Å²) in [7, 11) is 0. The van der Waals surface area contributed by atoms with Gasteiger partial charge in [0.1, 0.15) is 13.2 Å². The fourth-order valence-corrected chi connectivity index (χ4v) is 7.43.